The molecule has 27 heavy (non-hydrogen) atoms. The number of quaternary nitrogens is 1. The van der Waals surface area contributed by atoms with E-state index in [2.05, 4.69) is 9.55 Å². The van der Waals surface area contributed by atoms with Crippen LogP contribution in [0.5, 0.6) is 0 Å². The molecule has 0 atom stereocenters. The molecule has 4 rings (SSSR count). The molecule has 0 saturated heterocycles. The SMILES string of the molecule is CC[N+]([O-])(CC)CCn1c2ncccc2c2c[n+]([O-])c3cc(Cl)ccc3c21. The number of hydrogen-bond donors (Lipinski definition) is 0. The van der Waals surface area contributed by atoms with Crippen molar-refractivity contribution in [1.29, 1.82) is 0 Å². The molecule has 0 bridgehead atoms. The van der Waals surface area contributed by atoms with Crippen molar-refractivity contribution in [2.45, 2.75) is 20.4 Å². The van der Waals surface area contributed by atoms with Crippen LogP contribution in [-0.4, -0.2) is 33.8 Å². The lowest BCUT2D eigenvalue weighted by Gasteiger charge is -2.41. The van der Waals surface area contributed by atoms with Crippen LogP contribution in [0, 0.1) is 10.4 Å². The molecule has 0 unspecified atom stereocenters. The molecule has 0 amide bonds. The summed E-state index contributed by atoms with van der Waals surface area (Å²) in [7, 11) is 0. The molecule has 7 heteroatoms. The minimum absolute atomic E-state index is 0.258. The van der Waals surface area contributed by atoms with Gasteiger partial charge >= 0.3 is 0 Å². The largest absolute Gasteiger partial charge is 0.633 e. The highest BCUT2D eigenvalue weighted by atomic mass is 35.5. The first-order valence-corrected chi connectivity index (χ1v) is 9.50. The van der Waals surface area contributed by atoms with E-state index in [1.165, 1.54) is 0 Å². The number of pyridine rings is 2. The Morgan fingerprint density at radius 2 is 1.93 bits per heavy atom. The molecule has 0 fully saturated rings. The zero-order valence-electron chi connectivity index (χ0n) is 15.4. The van der Waals surface area contributed by atoms with Gasteiger partial charge in [0.1, 0.15) is 5.65 Å². The molecule has 0 N–H and O–H groups in total. The van der Waals surface area contributed by atoms with E-state index in [-0.39, 0.29) is 4.65 Å². The molecule has 3 heterocycles. The number of aromatic nitrogens is 3. The lowest BCUT2D eigenvalue weighted by molar-refractivity contribution is -0.877. The summed E-state index contributed by atoms with van der Waals surface area (Å²) in [6, 6.07) is 9.14. The van der Waals surface area contributed by atoms with E-state index in [0.717, 1.165) is 32.1 Å². The summed E-state index contributed by atoms with van der Waals surface area (Å²) in [5.74, 6) is 0. The number of hydroxylamine groups is 3. The second kappa shape index (κ2) is 6.64. The van der Waals surface area contributed by atoms with Crippen LogP contribution in [0.15, 0.2) is 42.7 Å². The van der Waals surface area contributed by atoms with Crippen molar-refractivity contribution in [2.24, 2.45) is 0 Å². The van der Waals surface area contributed by atoms with Crippen molar-refractivity contribution < 1.29 is 9.38 Å². The van der Waals surface area contributed by atoms with Crippen LogP contribution in [0.1, 0.15) is 13.8 Å². The third-order valence-corrected chi connectivity index (χ3v) is 5.68. The van der Waals surface area contributed by atoms with Gasteiger partial charge in [-0.2, -0.15) is 4.73 Å². The fraction of sp³-hybridized carbons (Fsp3) is 0.300. The number of rotatable bonds is 5. The van der Waals surface area contributed by atoms with Crippen molar-refractivity contribution in [1.82, 2.24) is 9.55 Å². The van der Waals surface area contributed by atoms with Gasteiger partial charge in [0.2, 0.25) is 5.52 Å². The van der Waals surface area contributed by atoms with Crippen LogP contribution >= 0.6 is 11.6 Å². The van der Waals surface area contributed by atoms with Gasteiger partial charge in [0.15, 0.2) is 6.20 Å². The zero-order chi connectivity index (χ0) is 19.2. The molecule has 0 spiro atoms. The predicted molar refractivity (Wildman–Crippen MR) is 108 cm³/mol. The third-order valence-electron chi connectivity index (χ3n) is 5.44. The van der Waals surface area contributed by atoms with Crippen LogP contribution < -0.4 is 4.73 Å². The van der Waals surface area contributed by atoms with Crippen molar-refractivity contribution in [3.05, 3.63) is 58.2 Å². The van der Waals surface area contributed by atoms with E-state index in [0.29, 0.717) is 36.7 Å². The highest BCUT2D eigenvalue weighted by Crippen LogP contribution is 2.32. The number of fused-ring (bicyclic) bond motifs is 5. The number of halogens is 1. The van der Waals surface area contributed by atoms with Crippen LogP contribution in [0.3, 0.4) is 0 Å². The monoisotopic (exact) mass is 384 g/mol. The van der Waals surface area contributed by atoms with E-state index in [9.17, 15) is 10.4 Å². The molecule has 6 nitrogen and oxygen atoms in total. The van der Waals surface area contributed by atoms with E-state index in [4.69, 9.17) is 11.6 Å². The first-order chi connectivity index (χ1) is 13.0. The predicted octanol–water partition coefficient (Wildman–Crippen LogP) is 3.98. The first kappa shape index (κ1) is 18.0. The molecule has 1 aromatic carbocycles. The Balaban J connectivity index is 2.03. The van der Waals surface area contributed by atoms with Gasteiger partial charge in [-0.15, -0.1) is 0 Å². The van der Waals surface area contributed by atoms with Gasteiger partial charge < -0.3 is 19.6 Å². The molecule has 0 radical (unpaired) electrons. The first-order valence-electron chi connectivity index (χ1n) is 9.13. The van der Waals surface area contributed by atoms with Crippen molar-refractivity contribution >= 4 is 44.4 Å². The molecular formula is C20H21ClN4O2. The summed E-state index contributed by atoms with van der Waals surface area (Å²) < 4.78 is 2.66. The normalized spacial score (nSPS) is 12.4. The second-order valence-electron chi connectivity index (χ2n) is 6.82. The van der Waals surface area contributed by atoms with Crippen molar-refractivity contribution in [3.63, 3.8) is 0 Å². The summed E-state index contributed by atoms with van der Waals surface area (Å²) in [5, 5.41) is 28.4. The van der Waals surface area contributed by atoms with Crippen LogP contribution in [0.4, 0.5) is 0 Å². The topological polar surface area (TPSA) is 67.8 Å². The molecule has 0 aliphatic rings. The molecular weight excluding hydrogens is 364 g/mol. The van der Waals surface area contributed by atoms with Gasteiger partial charge in [-0.25, -0.2) is 4.98 Å². The Hall–Kier alpha value is -2.41. The summed E-state index contributed by atoms with van der Waals surface area (Å²) in [6.45, 7) is 5.86. The molecule has 0 saturated carbocycles. The summed E-state index contributed by atoms with van der Waals surface area (Å²) >= 11 is 6.10. The Morgan fingerprint density at radius 1 is 1.15 bits per heavy atom. The fourth-order valence-corrected chi connectivity index (χ4v) is 3.90. The number of likely N-dealkylation sites (N-methyl/N-ethyl adjacent to an activating group) is 1. The van der Waals surface area contributed by atoms with Gasteiger partial charge in [0, 0.05) is 22.7 Å². The Kier molecular flexibility index (Phi) is 4.42. The van der Waals surface area contributed by atoms with Gasteiger partial charge in [-0.3, -0.25) is 0 Å². The van der Waals surface area contributed by atoms with Gasteiger partial charge in [0.05, 0.1) is 42.5 Å². The Morgan fingerprint density at radius 3 is 2.67 bits per heavy atom. The van der Waals surface area contributed by atoms with E-state index < -0.39 is 0 Å². The molecule has 4 aromatic rings. The zero-order valence-corrected chi connectivity index (χ0v) is 16.1. The van der Waals surface area contributed by atoms with E-state index in [1.807, 2.05) is 32.0 Å². The van der Waals surface area contributed by atoms with E-state index in [1.54, 1.807) is 24.5 Å². The maximum Gasteiger partial charge on any atom is 0.227 e. The van der Waals surface area contributed by atoms with Crippen LogP contribution in [0.25, 0.3) is 32.8 Å². The van der Waals surface area contributed by atoms with Gasteiger partial charge in [0.25, 0.3) is 0 Å². The van der Waals surface area contributed by atoms with E-state index >= 15 is 0 Å². The molecule has 3 aromatic heterocycles. The number of nitrogens with zero attached hydrogens (tertiary/aromatic N) is 4. The fourth-order valence-electron chi connectivity index (χ4n) is 3.74. The molecule has 140 valence electrons. The quantitative estimate of drug-likeness (QED) is 0.226. The Labute approximate surface area is 162 Å². The van der Waals surface area contributed by atoms with Gasteiger partial charge in [-0.1, -0.05) is 11.6 Å². The Bertz CT molecular complexity index is 1150. The summed E-state index contributed by atoms with van der Waals surface area (Å²) in [4.78, 5) is 4.54. The molecule has 0 aliphatic carbocycles. The smallest absolute Gasteiger partial charge is 0.227 e. The second-order valence-corrected chi connectivity index (χ2v) is 7.26. The highest BCUT2D eigenvalue weighted by Gasteiger charge is 2.21. The van der Waals surface area contributed by atoms with Crippen molar-refractivity contribution in [2.75, 3.05) is 19.6 Å². The third kappa shape index (κ3) is 2.90. The lowest BCUT2D eigenvalue weighted by Crippen LogP contribution is -2.43. The van der Waals surface area contributed by atoms with Crippen molar-refractivity contribution in [3.8, 4) is 0 Å². The standard InChI is InChI=1S/C20H21ClN4O2/c1-3-25(27,4-2)11-10-23-19-16-8-7-14(21)12-18(16)24(26)13-17(19)15-6-5-9-22-20(15)23/h5-9,12-13H,3-4,10-11H2,1-2H3. The summed E-state index contributed by atoms with van der Waals surface area (Å²) in [6.07, 6.45) is 3.31. The minimum Gasteiger partial charge on any atom is -0.633 e. The number of hydrogen-bond acceptors (Lipinski definition) is 3. The minimum atomic E-state index is -0.258. The maximum absolute atomic E-state index is 12.8. The van der Waals surface area contributed by atoms with Crippen LogP contribution in [0.2, 0.25) is 5.02 Å². The number of benzene rings is 1. The average molecular weight is 385 g/mol. The molecule has 0 aliphatic heterocycles. The van der Waals surface area contributed by atoms with Crippen LogP contribution in [-0.2, 0) is 6.54 Å². The maximum atomic E-state index is 12.8. The van der Waals surface area contributed by atoms with Gasteiger partial charge in [-0.05, 0) is 38.1 Å². The highest BCUT2D eigenvalue weighted by molar-refractivity contribution is 6.31. The lowest BCUT2D eigenvalue weighted by atomic mass is 10.1. The average Bonchev–Trinajstić information content (AvgIpc) is 3.00. The summed E-state index contributed by atoms with van der Waals surface area (Å²) in [5.41, 5.74) is 2.21.